The van der Waals surface area contributed by atoms with Crippen molar-refractivity contribution >= 4 is 28.7 Å². The van der Waals surface area contributed by atoms with Crippen LogP contribution in [0.5, 0.6) is 0 Å². The van der Waals surface area contributed by atoms with Crippen LogP contribution in [0.3, 0.4) is 0 Å². The van der Waals surface area contributed by atoms with Crippen molar-refractivity contribution in [3.05, 3.63) is 57.9 Å². The molecule has 0 unspecified atom stereocenters. The van der Waals surface area contributed by atoms with Crippen LogP contribution in [-0.4, -0.2) is 35.5 Å². The molecule has 0 amide bonds. The van der Waals surface area contributed by atoms with Crippen molar-refractivity contribution in [2.24, 2.45) is 0 Å². The summed E-state index contributed by atoms with van der Waals surface area (Å²) in [6.45, 7) is 3.80. The molecule has 27 heavy (non-hydrogen) atoms. The zero-order valence-electron chi connectivity index (χ0n) is 14.6. The second-order valence-electron chi connectivity index (χ2n) is 5.95. The Bertz CT molecular complexity index is 1090. The van der Waals surface area contributed by atoms with Gasteiger partial charge in [0.15, 0.2) is 5.78 Å². The lowest BCUT2D eigenvalue weighted by Crippen LogP contribution is -2.05. The number of carbonyl (C=O) groups is 1. The Morgan fingerprint density at radius 2 is 2.00 bits per heavy atom. The third-order valence-electron chi connectivity index (χ3n) is 4.07. The summed E-state index contributed by atoms with van der Waals surface area (Å²) in [4.78, 5) is 21.8. The van der Waals surface area contributed by atoms with E-state index in [1.807, 2.05) is 25.1 Å². The number of aromatic nitrogens is 6. The summed E-state index contributed by atoms with van der Waals surface area (Å²) in [7, 11) is 0. The van der Waals surface area contributed by atoms with Gasteiger partial charge in [-0.15, -0.1) is 15.3 Å². The molecule has 3 heterocycles. The predicted molar refractivity (Wildman–Crippen MR) is 104 cm³/mol. The molecule has 0 bridgehead atoms. The van der Waals surface area contributed by atoms with E-state index in [1.165, 1.54) is 11.3 Å². The summed E-state index contributed by atoms with van der Waals surface area (Å²) in [5.74, 6) is -0.0426. The lowest BCUT2D eigenvalue weighted by atomic mass is 10.0. The van der Waals surface area contributed by atoms with Gasteiger partial charge in [-0.05, 0) is 37.0 Å². The third-order valence-corrected chi connectivity index (χ3v) is 5.68. The van der Waals surface area contributed by atoms with Crippen molar-refractivity contribution in [1.82, 2.24) is 29.8 Å². The molecular weight excluding hydrogens is 380 g/mol. The summed E-state index contributed by atoms with van der Waals surface area (Å²) < 4.78 is 3.80. The molecule has 0 aliphatic carbocycles. The number of nitrogens with zero attached hydrogens (tertiary/aromatic N) is 6. The van der Waals surface area contributed by atoms with Gasteiger partial charge in [-0.3, -0.25) is 14.8 Å². The van der Waals surface area contributed by atoms with Gasteiger partial charge in [-0.25, -0.2) is 0 Å². The van der Waals surface area contributed by atoms with E-state index in [1.54, 1.807) is 24.8 Å². The van der Waals surface area contributed by atoms with E-state index >= 15 is 0 Å². The second kappa shape index (κ2) is 7.37. The average molecular weight is 394 g/mol. The predicted octanol–water partition coefficient (Wildman–Crippen LogP) is 3.56. The summed E-state index contributed by atoms with van der Waals surface area (Å²) in [6, 6.07) is 6.09. The van der Waals surface area contributed by atoms with E-state index < -0.39 is 0 Å². The first-order valence-electron chi connectivity index (χ1n) is 8.12. The molecule has 9 heteroatoms. The van der Waals surface area contributed by atoms with Crippen LogP contribution in [0.25, 0.3) is 21.8 Å². The summed E-state index contributed by atoms with van der Waals surface area (Å²) >= 11 is 2.60. The van der Waals surface area contributed by atoms with Crippen molar-refractivity contribution < 1.29 is 4.79 Å². The number of rotatable bonds is 5. The minimum Gasteiger partial charge on any atom is -0.293 e. The number of Topliss-reactive ketones (excluding diaryl/α,β-unsaturated/α-hetero) is 1. The molecule has 0 saturated heterocycles. The van der Waals surface area contributed by atoms with Gasteiger partial charge in [0, 0.05) is 17.3 Å². The number of hydrogen-bond donors (Lipinski definition) is 0. The van der Waals surface area contributed by atoms with Crippen molar-refractivity contribution in [2.75, 3.05) is 0 Å². The molecule has 0 N–H and O–H groups in total. The second-order valence-corrected chi connectivity index (χ2v) is 7.54. The summed E-state index contributed by atoms with van der Waals surface area (Å²) in [5.41, 5.74) is 6.80. The van der Waals surface area contributed by atoms with E-state index in [0.717, 1.165) is 38.9 Å². The summed E-state index contributed by atoms with van der Waals surface area (Å²) in [6.07, 6.45) is 3.53. The molecule has 0 spiro atoms. The monoisotopic (exact) mass is 394 g/mol. The molecule has 4 rings (SSSR count). The highest BCUT2D eigenvalue weighted by atomic mass is 32.1. The van der Waals surface area contributed by atoms with Crippen LogP contribution < -0.4 is 0 Å². The highest BCUT2D eigenvalue weighted by Gasteiger charge is 2.15. The van der Waals surface area contributed by atoms with E-state index in [0.29, 0.717) is 16.3 Å². The van der Waals surface area contributed by atoms with E-state index in [4.69, 9.17) is 0 Å². The molecule has 0 fully saturated rings. The molecule has 7 nitrogen and oxygen atoms in total. The Morgan fingerprint density at radius 3 is 2.67 bits per heavy atom. The number of carbonyl (C=O) groups excluding carboxylic acids is 1. The molecule has 134 valence electrons. The Morgan fingerprint density at radius 1 is 1.11 bits per heavy atom. The average Bonchev–Trinajstić information content (AvgIpc) is 3.35. The zero-order valence-corrected chi connectivity index (χ0v) is 16.2. The lowest BCUT2D eigenvalue weighted by molar-refractivity contribution is 0.0995. The van der Waals surface area contributed by atoms with Crippen LogP contribution in [0.2, 0.25) is 0 Å². The maximum absolute atomic E-state index is 12.3. The fraction of sp³-hybridized carbons (Fsp3) is 0.167. The Balaban J connectivity index is 1.58. The van der Waals surface area contributed by atoms with Crippen LogP contribution in [-0.2, 0) is 6.42 Å². The molecule has 4 aromatic rings. The quantitative estimate of drug-likeness (QED) is 0.478. The van der Waals surface area contributed by atoms with Crippen LogP contribution in [0.1, 0.15) is 26.6 Å². The molecule has 0 aliphatic rings. The number of hydrogen-bond acceptors (Lipinski definition) is 9. The smallest absolute Gasteiger partial charge is 0.182 e. The molecule has 0 aliphatic heterocycles. The van der Waals surface area contributed by atoms with Crippen molar-refractivity contribution in [3.63, 3.8) is 0 Å². The Hall–Kier alpha value is -2.91. The minimum absolute atomic E-state index is 0.0426. The van der Waals surface area contributed by atoms with Gasteiger partial charge in [0.1, 0.15) is 15.4 Å². The van der Waals surface area contributed by atoms with Crippen molar-refractivity contribution in [2.45, 2.75) is 20.3 Å². The van der Waals surface area contributed by atoms with Gasteiger partial charge in [0.2, 0.25) is 0 Å². The van der Waals surface area contributed by atoms with Crippen molar-refractivity contribution in [3.8, 4) is 21.8 Å². The minimum atomic E-state index is -0.0426. The Labute approximate surface area is 163 Å². The zero-order chi connectivity index (χ0) is 18.8. The molecule has 3 aromatic heterocycles. The molecule has 0 radical (unpaired) electrons. The molecule has 1 aromatic carbocycles. The first-order chi connectivity index (χ1) is 13.1. The van der Waals surface area contributed by atoms with E-state index in [-0.39, 0.29) is 12.2 Å². The number of ketones is 1. The Kier molecular flexibility index (Phi) is 4.78. The first kappa shape index (κ1) is 17.5. The van der Waals surface area contributed by atoms with Crippen molar-refractivity contribution in [1.29, 1.82) is 0 Å². The third kappa shape index (κ3) is 3.64. The first-order valence-corrected chi connectivity index (χ1v) is 9.78. The topological polar surface area (TPSA) is 94.4 Å². The number of benzene rings is 1. The molecule has 0 atom stereocenters. The maximum atomic E-state index is 12.3. The van der Waals surface area contributed by atoms with Gasteiger partial charge in [0.25, 0.3) is 0 Å². The van der Waals surface area contributed by atoms with Gasteiger partial charge in [-0.2, -0.15) is 0 Å². The maximum Gasteiger partial charge on any atom is 0.182 e. The molecular formula is C18H14N6OS2. The van der Waals surface area contributed by atoms with E-state index in [2.05, 4.69) is 29.8 Å². The van der Waals surface area contributed by atoms with Gasteiger partial charge >= 0.3 is 0 Å². The SMILES string of the molecule is Cc1ccc(-c2nncs2)cc1-c1cnc(CC(=O)c2snnc2C)cn1. The van der Waals surface area contributed by atoms with Crippen LogP contribution >= 0.6 is 22.9 Å². The highest BCUT2D eigenvalue weighted by Crippen LogP contribution is 2.28. The number of aryl methyl sites for hydroxylation is 2. The van der Waals surface area contributed by atoms with Crippen LogP contribution in [0.15, 0.2) is 36.1 Å². The van der Waals surface area contributed by atoms with Gasteiger partial charge in [-0.1, -0.05) is 28.0 Å². The van der Waals surface area contributed by atoms with Gasteiger partial charge < -0.3 is 0 Å². The standard InChI is InChI=1S/C18H14N6OS2/c1-10-3-4-12(18-23-21-9-26-18)5-14(10)15-8-19-13(7-20-15)6-16(25)17-11(2)22-24-27-17/h3-5,7-9H,6H2,1-2H3. The van der Waals surface area contributed by atoms with Crippen LogP contribution in [0, 0.1) is 13.8 Å². The van der Waals surface area contributed by atoms with Crippen LogP contribution in [0.4, 0.5) is 0 Å². The fourth-order valence-electron chi connectivity index (χ4n) is 2.65. The lowest BCUT2D eigenvalue weighted by Gasteiger charge is -2.07. The highest BCUT2D eigenvalue weighted by molar-refractivity contribution is 7.12. The molecule has 0 saturated carbocycles. The van der Waals surface area contributed by atoms with E-state index in [9.17, 15) is 4.79 Å². The normalized spacial score (nSPS) is 10.9. The largest absolute Gasteiger partial charge is 0.293 e. The van der Waals surface area contributed by atoms with Gasteiger partial charge in [0.05, 0.1) is 29.7 Å². The fourth-order valence-corrected chi connectivity index (χ4v) is 3.79. The summed E-state index contributed by atoms with van der Waals surface area (Å²) in [5, 5.41) is 12.7.